The molecule has 0 aliphatic heterocycles. The van der Waals surface area contributed by atoms with E-state index in [0.717, 1.165) is 0 Å². The highest BCUT2D eigenvalue weighted by molar-refractivity contribution is 4.63. The first-order valence-corrected chi connectivity index (χ1v) is 9.04. The SMILES string of the molecule is C.CC.CC.CC.CC.CCC.CCCC(C)(C)CC. The molecule has 0 saturated carbocycles. The fraction of sp³-hybridized carbons (Fsp3) is 1.00. The summed E-state index contributed by atoms with van der Waals surface area (Å²) in [5.41, 5.74) is 0.592. The van der Waals surface area contributed by atoms with Gasteiger partial charge in [-0.25, -0.2) is 0 Å². The summed E-state index contributed by atoms with van der Waals surface area (Å²) in [6.07, 6.45) is 5.24. The first-order chi connectivity index (χ1) is 9.04. The van der Waals surface area contributed by atoms with E-state index >= 15 is 0 Å². The van der Waals surface area contributed by atoms with E-state index in [-0.39, 0.29) is 7.43 Å². The normalized spacial score (nSPS) is 6.90. The average Bonchev–Trinajstić information content (AvgIpc) is 2.48. The molecule has 0 aromatic carbocycles. The maximum atomic E-state index is 2.33. The Balaban J connectivity index is -0.0000000240. The Morgan fingerprint density at radius 1 is 0.600 bits per heavy atom. The molecule has 0 nitrogen and oxygen atoms in total. The third kappa shape index (κ3) is 106. The summed E-state index contributed by atoms with van der Waals surface area (Å²) in [4.78, 5) is 0. The van der Waals surface area contributed by atoms with Gasteiger partial charge in [-0.3, -0.25) is 0 Å². The molecule has 0 aliphatic rings. The molecule has 20 heavy (non-hydrogen) atoms. The number of rotatable bonds is 3. The summed E-state index contributed by atoms with van der Waals surface area (Å²) in [6.45, 7) is 29.4. The van der Waals surface area contributed by atoms with Crippen molar-refractivity contribution in [2.45, 2.75) is 130 Å². The van der Waals surface area contributed by atoms with Gasteiger partial charge in [-0.1, -0.05) is 124 Å². The molecule has 0 radical (unpaired) electrons. The smallest absolute Gasteiger partial charge is 0.0357 e. The third-order valence-electron chi connectivity index (χ3n) is 1.88. The van der Waals surface area contributed by atoms with Crippen molar-refractivity contribution in [3.63, 3.8) is 0 Å². The predicted molar refractivity (Wildman–Crippen MR) is 107 cm³/mol. The zero-order valence-corrected chi connectivity index (χ0v) is 17.3. The van der Waals surface area contributed by atoms with Crippen LogP contribution in [0.1, 0.15) is 130 Å². The molecule has 0 fully saturated rings. The molecule has 0 aromatic rings. The maximum absolute atomic E-state index is 2.33. The van der Waals surface area contributed by atoms with Gasteiger partial charge >= 0.3 is 0 Å². The van der Waals surface area contributed by atoms with Crippen molar-refractivity contribution in [1.82, 2.24) is 0 Å². The zero-order chi connectivity index (χ0) is 17.3. The second kappa shape index (κ2) is 61.6. The van der Waals surface area contributed by atoms with E-state index in [1.54, 1.807) is 0 Å². The third-order valence-corrected chi connectivity index (χ3v) is 1.88. The van der Waals surface area contributed by atoms with Gasteiger partial charge in [-0.15, -0.1) is 0 Å². The van der Waals surface area contributed by atoms with Crippen molar-refractivity contribution in [2.75, 3.05) is 0 Å². The first-order valence-electron chi connectivity index (χ1n) is 9.04. The molecule has 0 bridgehead atoms. The van der Waals surface area contributed by atoms with Crippen LogP contribution in [0.15, 0.2) is 0 Å². The highest BCUT2D eigenvalue weighted by atomic mass is 14.2. The minimum atomic E-state index is 0. The van der Waals surface area contributed by atoms with E-state index in [4.69, 9.17) is 0 Å². The molecule has 134 valence electrons. The van der Waals surface area contributed by atoms with Gasteiger partial charge in [0.25, 0.3) is 0 Å². The minimum absolute atomic E-state index is 0. The first kappa shape index (κ1) is 42.7. The minimum Gasteiger partial charge on any atom is -0.0776 e. The summed E-state index contributed by atoms with van der Waals surface area (Å²) >= 11 is 0. The second-order valence-electron chi connectivity index (χ2n) is 3.97. The van der Waals surface area contributed by atoms with Crippen molar-refractivity contribution in [1.29, 1.82) is 0 Å². The highest BCUT2D eigenvalue weighted by Crippen LogP contribution is 2.25. The Bertz CT molecular complexity index is 62.4. The Kier molecular flexibility index (Phi) is 131. The van der Waals surface area contributed by atoms with Gasteiger partial charge in [0.15, 0.2) is 0 Å². The summed E-state index contributed by atoms with van der Waals surface area (Å²) in [5, 5.41) is 0. The van der Waals surface area contributed by atoms with Gasteiger partial charge in [0.1, 0.15) is 0 Å². The summed E-state index contributed by atoms with van der Waals surface area (Å²) in [7, 11) is 0. The molecule has 0 aromatic heterocycles. The molecule has 0 spiro atoms. The lowest BCUT2D eigenvalue weighted by Crippen LogP contribution is -2.07. The lowest BCUT2D eigenvalue weighted by molar-refractivity contribution is 0.319. The van der Waals surface area contributed by atoms with Gasteiger partial charge in [0, 0.05) is 0 Å². The maximum Gasteiger partial charge on any atom is -0.0357 e. The van der Waals surface area contributed by atoms with Crippen LogP contribution in [-0.2, 0) is 0 Å². The van der Waals surface area contributed by atoms with Gasteiger partial charge in [-0.05, 0) is 11.8 Å². The summed E-state index contributed by atoms with van der Waals surface area (Å²) < 4.78 is 0. The van der Waals surface area contributed by atoms with Crippen LogP contribution in [0, 0.1) is 5.41 Å². The van der Waals surface area contributed by atoms with E-state index in [9.17, 15) is 0 Å². The van der Waals surface area contributed by atoms with Crippen LogP contribution in [0.3, 0.4) is 0 Å². The average molecular weight is 295 g/mol. The van der Waals surface area contributed by atoms with Crippen molar-refractivity contribution in [2.24, 2.45) is 5.41 Å². The summed E-state index contributed by atoms with van der Waals surface area (Å²) in [6, 6.07) is 0. The standard InChI is InChI=1S/C8H18.C3H8.4C2H6.CH4/c1-5-7-8(3,4)6-2;1-3-2;4*1-2;/h5-7H2,1-4H3;3H2,1-2H3;4*1-2H3;1H4. The Morgan fingerprint density at radius 3 is 0.850 bits per heavy atom. The van der Waals surface area contributed by atoms with Crippen LogP contribution in [0.4, 0.5) is 0 Å². The van der Waals surface area contributed by atoms with Crippen LogP contribution in [0.5, 0.6) is 0 Å². The molecule has 0 heteroatoms. The fourth-order valence-electron chi connectivity index (χ4n) is 0.854. The van der Waals surface area contributed by atoms with Crippen molar-refractivity contribution >= 4 is 0 Å². The van der Waals surface area contributed by atoms with Crippen LogP contribution in [0.2, 0.25) is 0 Å². The van der Waals surface area contributed by atoms with Gasteiger partial charge < -0.3 is 0 Å². The van der Waals surface area contributed by atoms with Crippen LogP contribution in [-0.4, -0.2) is 0 Å². The molecule has 0 aliphatic carbocycles. The van der Waals surface area contributed by atoms with Gasteiger partial charge in [-0.2, -0.15) is 0 Å². The van der Waals surface area contributed by atoms with E-state index in [2.05, 4.69) is 41.5 Å². The molecular formula is C20H54. The van der Waals surface area contributed by atoms with E-state index in [1.807, 2.05) is 55.4 Å². The fourth-order valence-corrected chi connectivity index (χ4v) is 0.854. The molecule has 0 heterocycles. The quantitative estimate of drug-likeness (QED) is 0.486. The second-order valence-corrected chi connectivity index (χ2v) is 3.97. The Labute approximate surface area is 136 Å². The van der Waals surface area contributed by atoms with Crippen molar-refractivity contribution in [3.05, 3.63) is 0 Å². The largest absolute Gasteiger partial charge is 0.0776 e. The molecule has 0 N–H and O–H groups in total. The van der Waals surface area contributed by atoms with Crippen molar-refractivity contribution in [3.8, 4) is 0 Å². The van der Waals surface area contributed by atoms with Crippen LogP contribution < -0.4 is 0 Å². The molecular weight excluding hydrogens is 240 g/mol. The van der Waals surface area contributed by atoms with E-state index in [0.29, 0.717) is 5.41 Å². The van der Waals surface area contributed by atoms with Crippen LogP contribution in [0.25, 0.3) is 0 Å². The van der Waals surface area contributed by atoms with E-state index in [1.165, 1.54) is 25.7 Å². The Morgan fingerprint density at radius 2 is 0.800 bits per heavy atom. The van der Waals surface area contributed by atoms with Gasteiger partial charge in [0.2, 0.25) is 0 Å². The predicted octanol–water partition coefficient (Wildman–Crippen LogP) is 9.38. The van der Waals surface area contributed by atoms with E-state index < -0.39 is 0 Å². The van der Waals surface area contributed by atoms with Crippen LogP contribution >= 0.6 is 0 Å². The molecule has 0 unspecified atom stereocenters. The molecule has 0 rings (SSSR count). The topological polar surface area (TPSA) is 0 Å². The molecule has 0 atom stereocenters. The van der Waals surface area contributed by atoms with Gasteiger partial charge in [0.05, 0.1) is 0 Å². The monoisotopic (exact) mass is 294 g/mol. The molecule has 0 saturated heterocycles. The Hall–Kier alpha value is 0. The zero-order valence-electron chi connectivity index (χ0n) is 17.3. The van der Waals surface area contributed by atoms with Crippen molar-refractivity contribution < 1.29 is 0 Å². The summed E-state index contributed by atoms with van der Waals surface area (Å²) in [5.74, 6) is 0. The highest BCUT2D eigenvalue weighted by Gasteiger charge is 2.11. The lowest BCUT2D eigenvalue weighted by Gasteiger charge is -2.20. The molecule has 0 amide bonds. The number of hydrogen-bond acceptors (Lipinski definition) is 0. The lowest BCUT2D eigenvalue weighted by atomic mass is 9.86. The number of hydrogen-bond donors (Lipinski definition) is 0.